The van der Waals surface area contributed by atoms with E-state index in [9.17, 15) is 0 Å². The summed E-state index contributed by atoms with van der Waals surface area (Å²) in [6.07, 6.45) is 1.22. The monoisotopic (exact) mass is 415 g/mol. The fourth-order valence-corrected chi connectivity index (χ4v) is 5.14. The van der Waals surface area contributed by atoms with Crippen LogP contribution in [0.25, 0.3) is 0 Å². The quantitative estimate of drug-likeness (QED) is 0.714. The molecule has 158 valence electrons. The van der Waals surface area contributed by atoms with Crippen molar-refractivity contribution < 1.29 is 9.47 Å². The van der Waals surface area contributed by atoms with Crippen LogP contribution in [-0.2, 0) is 13.0 Å². The van der Waals surface area contributed by atoms with Crippen molar-refractivity contribution in [3.8, 4) is 11.5 Å². The largest absolute Gasteiger partial charge is 0.494 e. The standard InChI is InChI=1S/C23H33N3O2S/c1-4-27-21-13-18-12-17(2)28-22(18)14-19(21)15-24-16-20(23-6-5-11-29-23)26-9-7-25(3)8-10-26/h5-6,11,13-14,17,20,24H,4,7-10,12,15-16H2,1-3H3/t17-,20+/m0/s1. The van der Waals surface area contributed by atoms with Crippen LogP contribution in [0.15, 0.2) is 29.6 Å². The first-order chi connectivity index (χ1) is 14.1. The molecule has 5 nitrogen and oxygen atoms in total. The molecule has 2 aromatic rings. The molecular formula is C23H33N3O2S. The zero-order valence-electron chi connectivity index (χ0n) is 17.8. The molecule has 2 aliphatic rings. The van der Waals surface area contributed by atoms with Crippen molar-refractivity contribution >= 4 is 11.3 Å². The Bertz CT molecular complexity index is 788. The maximum atomic E-state index is 5.98. The summed E-state index contributed by atoms with van der Waals surface area (Å²) in [6.45, 7) is 11.1. The highest BCUT2D eigenvalue weighted by Crippen LogP contribution is 2.35. The number of benzene rings is 1. The van der Waals surface area contributed by atoms with Gasteiger partial charge in [0, 0.05) is 61.7 Å². The summed E-state index contributed by atoms with van der Waals surface area (Å²) in [4.78, 5) is 6.48. The number of nitrogens with one attached hydrogen (secondary N) is 1. The fourth-order valence-electron chi connectivity index (χ4n) is 4.28. The van der Waals surface area contributed by atoms with Crippen LogP contribution < -0.4 is 14.8 Å². The molecule has 0 aliphatic carbocycles. The summed E-state index contributed by atoms with van der Waals surface area (Å²) in [6, 6.07) is 9.20. The number of ether oxygens (including phenoxy) is 2. The first kappa shape index (κ1) is 20.7. The molecule has 6 heteroatoms. The van der Waals surface area contributed by atoms with Gasteiger partial charge < -0.3 is 19.7 Å². The molecule has 1 aromatic heterocycles. The smallest absolute Gasteiger partial charge is 0.124 e. The Kier molecular flexibility index (Phi) is 6.75. The van der Waals surface area contributed by atoms with E-state index in [2.05, 4.69) is 58.7 Å². The van der Waals surface area contributed by atoms with Crippen LogP contribution in [0, 0.1) is 0 Å². The number of likely N-dealkylation sites (N-methyl/N-ethyl adjacent to an activating group) is 1. The summed E-state index contributed by atoms with van der Waals surface area (Å²) in [7, 11) is 2.21. The fraction of sp³-hybridized carbons (Fsp3) is 0.565. The van der Waals surface area contributed by atoms with Gasteiger partial charge in [0.25, 0.3) is 0 Å². The summed E-state index contributed by atoms with van der Waals surface area (Å²) in [5.74, 6) is 2.01. The third-order valence-electron chi connectivity index (χ3n) is 5.88. The van der Waals surface area contributed by atoms with Gasteiger partial charge in [-0.15, -0.1) is 11.3 Å². The first-order valence-corrected chi connectivity index (χ1v) is 11.6. The van der Waals surface area contributed by atoms with Gasteiger partial charge in [-0.1, -0.05) is 6.07 Å². The third-order valence-corrected chi connectivity index (χ3v) is 6.86. The molecule has 0 bridgehead atoms. The molecule has 0 radical (unpaired) electrons. The number of fused-ring (bicyclic) bond motifs is 1. The summed E-state index contributed by atoms with van der Waals surface area (Å²) in [5, 5.41) is 5.90. The molecule has 1 fully saturated rings. The molecule has 29 heavy (non-hydrogen) atoms. The van der Waals surface area contributed by atoms with Gasteiger partial charge in [0.2, 0.25) is 0 Å². The summed E-state index contributed by atoms with van der Waals surface area (Å²) in [5.41, 5.74) is 2.45. The van der Waals surface area contributed by atoms with Crippen molar-refractivity contribution in [3.05, 3.63) is 45.6 Å². The van der Waals surface area contributed by atoms with Gasteiger partial charge in [-0.2, -0.15) is 0 Å². The molecule has 2 aliphatic heterocycles. The van der Waals surface area contributed by atoms with Crippen molar-refractivity contribution in [3.63, 3.8) is 0 Å². The lowest BCUT2D eigenvalue weighted by Crippen LogP contribution is -2.47. The maximum Gasteiger partial charge on any atom is 0.124 e. The molecule has 0 spiro atoms. The highest BCUT2D eigenvalue weighted by molar-refractivity contribution is 7.10. The van der Waals surface area contributed by atoms with Gasteiger partial charge >= 0.3 is 0 Å². The summed E-state index contributed by atoms with van der Waals surface area (Å²) < 4.78 is 11.9. The Morgan fingerprint density at radius 3 is 2.83 bits per heavy atom. The van der Waals surface area contributed by atoms with Gasteiger partial charge in [0.1, 0.15) is 17.6 Å². The molecule has 1 saturated heterocycles. The average Bonchev–Trinajstić information content (AvgIpc) is 3.35. The molecule has 1 aromatic carbocycles. The van der Waals surface area contributed by atoms with Gasteiger partial charge in [0.15, 0.2) is 0 Å². The van der Waals surface area contributed by atoms with Crippen molar-refractivity contribution in [2.75, 3.05) is 46.4 Å². The van der Waals surface area contributed by atoms with E-state index >= 15 is 0 Å². The number of hydrogen-bond acceptors (Lipinski definition) is 6. The molecule has 1 N–H and O–H groups in total. The topological polar surface area (TPSA) is 37.0 Å². The Balaban J connectivity index is 1.44. The van der Waals surface area contributed by atoms with Crippen LogP contribution >= 0.6 is 11.3 Å². The lowest BCUT2D eigenvalue weighted by Gasteiger charge is -2.37. The Labute approximate surface area is 178 Å². The van der Waals surface area contributed by atoms with Crippen LogP contribution in [0.1, 0.15) is 35.9 Å². The Morgan fingerprint density at radius 1 is 1.28 bits per heavy atom. The SMILES string of the molecule is CCOc1cc2c(cc1CNC[C@H](c1cccs1)N1CCN(C)CC1)O[C@@H](C)C2. The zero-order valence-corrected chi connectivity index (χ0v) is 18.6. The minimum absolute atomic E-state index is 0.253. The van der Waals surface area contributed by atoms with Crippen LogP contribution in [0.5, 0.6) is 11.5 Å². The second kappa shape index (κ2) is 9.47. The second-order valence-corrected chi connectivity index (χ2v) is 9.11. The molecule has 2 atom stereocenters. The van der Waals surface area contributed by atoms with E-state index in [0.717, 1.165) is 57.2 Å². The van der Waals surface area contributed by atoms with Crippen molar-refractivity contribution in [2.45, 2.75) is 39.0 Å². The van der Waals surface area contributed by atoms with E-state index in [1.807, 2.05) is 18.3 Å². The third kappa shape index (κ3) is 4.94. The van der Waals surface area contributed by atoms with E-state index in [4.69, 9.17) is 9.47 Å². The lowest BCUT2D eigenvalue weighted by molar-refractivity contribution is 0.111. The minimum atomic E-state index is 0.253. The van der Waals surface area contributed by atoms with Crippen molar-refractivity contribution in [2.24, 2.45) is 0 Å². The van der Waals surface area contributed by atoms with Crippen molar-refractivity contribution in [1.29, 1.82) is 0 Å². The molecular weight excluding hydrogens is 382 g/mol. The van der Waals surface area contributed by atoms with Gasteiger partial charge in [-0.25, -0.2) is 0 Å². The predicted octanol–water partition coefficient (Wildman–Crippen LogP) is 3.55. The van der Waals surface area contributed by atoms with Crippen LogP contribution in [0.2, 0.25) is 0 Å². The van der Waals surface area contributed by atoms with E-state index in [-0.39, 0.29) is 6.10 Å². The zero-order chi connectivity index (χ0) is 20.2. The number of rotatable bonds is 8. The minimum Gasteiger partial charge on any atom is -0.494 e. The number of thiophene rings is 1. The number of hydrogen-bond donors (Lipinski definition) is 1. The van der Waals surface area contributed by atoms with E-state index in [0.29, 0.717) is 12.6 Å². The number of piperazine rings is 1. The van der Waals surface area contributed by atoms with Crippen LogP contribution in [0.3, 0.4) is 0 Å². The molecule has 3 heterocycles. The van der Waals surface area contributed by atoms with E-state index < -0.39 is 0 Å². The maximum absolute atomic E-state index is 5.98. The van der Waals surface area contributed by atoms with Gasteiger partial charge in [0.05, 0.1) is 12.6 Å². The highest BCUT2D eigenvalue weighted by Gasteiger charge is 2.25. The second-order valence-electron chi connectivity index (χ2n) is 8.13. The first-order valence-electron chi connectivity index (χ1n) is 10.8. The van der Waals surface area contributed by atoms with Crippen LogP contribution in [-0.4, -0.2) is 62.3 Å². The Morgan fingerprint density at radius 2 is 2.10 bits per heavy atom. The summed E-state index contributed by atoms with van der Waals surface area (Å²) >= 11 is 1.86. The normalized spacial score (nSPS) is 21.0. The molecule has 0 saturated carbocycles. The molecule has 4 rings (SSSR count). The molecule has 0 unspecified atom stereocenters. The highest BCUT2D eigenvalue weighted by atomic mass is 32.1. The number of nitrogens with zero attached hydrogens (tertiary/aromatic N) is 2. The van der Waals surface area contributed by atoms with E-state index in [1.165, 1.54) is 16.0 Å². The van der Waals surface area contributed by atoms with Gasteiger partial charge in [-0.05, 0) is 44.5 Å². The van der Waals surface area contributed by atoms with Crippen LogP contribution in [0.4, 0.5) is 0 Å². The predicted molar refractivity (Wildman–Crippen MR) is 119 cm³/mol. The Hall–Kier alpha value is -1.60. The molecule has 0 amide bonds. The van der Waals surface area contributed by atoms with Crippen molar-refractivity contribution in [1.82, 2.24) is 15.1 Å². The average molecular weight is 416 g/mol. The lowest BCUT2D eigenvalue weighted by atomic mass is 10.1. The van der Waals surface area contributed by atoms with E-state index in [1.54, 1.807) is 0 Å². The van der Waals surface area contributed by atoms with Gasteiger partial charge in [-0.3, -0.25) is 4.90 Å².